The topological polar surface area (TPSA) is 86.1 Å². The number of nitrogens with one attached hydrogen (secondary N) is 1. The number of benzene rings is 1. The van der Waals surface area contributed by atoms with Gasteiger partial charge in [-0.1, -0.05) is 6.07 Å². The molecule has 3 fully saturated rings. The van der Waals surface area contributed by atoms with Crippen molar-refractivity contribution in [2.45, 2.75) is 44.8 Å². The molecule has 3 amide bonds. The van der Waals surface area contributed by atoms with Crippen molar-refractivity contribution < 1.29 is 18.8 Å². The lowest BCUT2D eigenvalue weighted by molar-refractivity contribution is -0.136. The first-order valence-electron chi connectivity index (χ1n) is 11.8. The number of imide groups is 1. The molecule has 6 rings (SSSR count). The summed E-state index contributed by atoms with van der Waals surface area (Å²) in [5, 5.41) is 2.38. The first kappa shape index (κ1) is 20.5. The third-order valence-electron chi connectivity index (χ3n) is 7.83. The first-order chi connectivity index (χ1) is 16.0. The molecule has 1 spiro atoms. The van der Waals surface area contributed by atoms with Crippen LogP contribution in [0.4, 0.5) is 5.69 Å². The number of nitrogens with zero attached hydrogens (tertiary/aromatic N) is 3. The van der Waals surface area contributed by atoms with Crippen molar-refractivity contribution in [2.75, 3.05) is 31.1 Å². The van der Waals surface area contributed by atoms with Gasteiger partial charge >= 0.3 is 0 Å². The molecule has 5 heterocycles. The number of hydrogen-bond acceptors (Lipinski definition) is 6. The smallest absolute Gasteiger partial charge is 0.255 e. The van der Waals surface area contributed by atoms with Crippen LogP contribution in [0.3, 0.4) is 0 Å². The van der Waals surface area contributed by atoms with Gasteiger partial charge in [-0.25, -0.2) is 0 Å². The van der Waals surface area contributed by atoms with Gasteiger partial charge in [0.1, 0.15) is 11.8 Å². The molecule has 1 aromatic carbocycles. The minimum atomic E-state index is -0.573. The number of amides is 3. The maximum atomic E-state index is 13.1. The van der Waals surface area contributed by atoms with Crippen LogP contribution in [0.15, 0.2) is 41.0 Å². The molecule has 172 valence electrons. The van der Waals surface area contributed by atoms with Gasteiger partial charge in [0.25, 0.3) is 5.91 Å². The minimum Gasteiger partial charge on any atom is -0.468 e. The summed E-state index contributed by atoms with van der Waals surface area (Å²) in [6, 6.07) is 9.29. The van der Waals surface area contributed by atoms with Gasteiger partial charge in [-0.3, -0.25) is 24.6 Å². The van der Waals surface area contributed by atoms with Gasteiger partial charge in [-0.05, 0) is 56.6 Å². The molecule has 3 saturated heterocycles. The molecule has 0 saturated carbocycles. The molecule has 2 aromatic rings. The second-order valence-electron chi connectivity index (χ2n) is 9.91. The van der Waals surface area contributed by atoms with Crippen molar-refractivity contribution in [3.8, 4) is 0 Å². The van der Waals surface area contributed by atoms with Gasteiger partial charge in [0, 0.05) is 48.3 Å². The predicted octanol–water partition coefficient (Wildman–Crippen LogP) is 2.14. The predicted molar refractivity (Wildman–Crippen MR) is 120 cm³/mol. The zero-order valence-corrected chi connectivity index (χ0v) is 18.6. The van der Waals surface area contributed by atoms with Gasteiger partial charge in [0.15, 0.2) is 0 Å². The largest absolute Gasteiger partial charge is 0.468 e. The van der Waals surface area contributed by atoms with E-state index in [2.05, 4.69) is 21.2 Å². The Hall–Kier alpha value is -3.13. The van der Waals surface area contributed by atoms with E-state index in [4.69, 9.17) is 4.42 Å². The van der Waals surface area contributed by atoms with Crippen LogP contribution in [0.2, 0.25) is 0 Å². The highest BCUT2D eigenvalue weighted by Gasteiger charge is 2.47. The van der Waals surface area contributed by atoms with Crippen LogP contribution in [-0.2, 0) is 22.7 Å². The molecule has 0 bridgehead atoms. The molecule has 4 aliphatic rings. The summed E-state index contributed by atoms with van der Waals surface area (Å²) < 4.78 is 5.50. The molecule has 33 heavy (non-hydrogen) atoms. The number of fused-ring (bicyclic) bond motifs is 1. The molecule has 1 atom stereocenters. The third kappa shape index (κ3) is 3.53. The second-order valence-corrected chi connectivity index (χ2v) is 9.91. The van der Waals surface area contributed by atoms with Crippen molar-refractivity contribution in [3.63, 3.8) is 0 Å². The van der Waals surface area contributed by atoms with Gasteiger partial charge in [-0.15, -0.1) is 0 Å². The van der Waals surface area contributed by atoms with Crippen LogP contribution < -0.4 is 10.2 Å². The van der Waals surface area contributed by atoms with E-state index >= 15 is 0 Å². The number of likely N-dealkylation sites (tertiary alicyclic amines) is 1. The first-order valence-corrected chi connectivity index (χ1v) is 11.8. The lowest BCUT2D eigenvalue weighted by Gasteiger charge is -2.55. The molecule has 1 aromatic heterocycles. The molecule has 0 aliphatic carbocycles. The zero-order valence-electron chi connectivity index (χ0n) is 18.6. The van der Waals surface area contributed by atoms with E-state index < -0.39 is 6.04 Å². The summed E-state index contributed by atoms with van der Waals surface area (Å²) in [7, 11) is 0. The van der Waals surface area contributed by atoms with E-state index in [0.29, 0.717) is 23.9 Å². The van der Waals surface area contributed by atoms with Crippen LogP contribution in [0.25, 0.3) is 0 Å². The fourth-order valence-electron chi connectivity index (χ4n) is 5.92. The van der Waals surface area contributed by atoms with Gasteiger partial charge < -0.3 is 14.2 Å². The van der Waals surface area contributed by atoms with Crippen LogP contribution >= 0.6 is 0 Å². The van der Waals surface area contributed by atoms with Crippen molar-refractivity contribution >= 4 is 23.4 Å². The molecule has 8 heteroatoms. The number of furan rings is 1. The van der Waals surface area contributed by atoms with Crippen LogP contribution in [0.5, 0.6) is 0 Å². The number of piperidine rings is 2. The van der Waals surface area contributed by atoms with Crippen LogP contribution in [-0.4, -0.2) is 59.7 Å². The van der Waals surface area contributed by atoms with E-state index in [-0.39, 0.29) is 24.1 Å². The summed E-state index contributed by atoms with van der Waals surface area (Å²) in [5.74, 6) is 0.287. The third-order valence-corrected chi connectivity index (χ3v) is 7.83. The Bertz CT molecular complexity index is 1100. The molecule has 1 N–H and O–H groups in total. The number of carbonyl (C=O) groups excluding carboxylic acids is 3. The Balaban J connectivity index is 1.12. The van der Waals surface area contributed by atoms with Crippen molar-refractivity contribution in [1.29, 1.82) is 0 Å². The minimum absolute atomic E-state index is 0.108. The monoisotopic (exact) mass is 448 g/mol. The van der Waals surface area contributed by atoms with E-state index in [0.717, 1.165) is 49.7 Å². The number of anilines is 1. The summed E-state index contributed by atoms with van der Waals surface area (Å²) in [4.78, 5) is 43.5. The maximum absolute atomic E-state index is 13.1. The molecule has 8 nitrogen and oxygen atoms in total. The Labute approximate surface area is 192 Å². The number of carbonyl (C=O) groups is 3. The Kier molecular flexibility index (Phi) is 4.79. The molecule has 0 radical (unpaired) electrons. The molecule has 4 aliphatic heterocycles. The highest BCUT2D eigenvalue weighted by atomic mass is 16.3. The number of hydrogen-bond donors (Lipinski definition) is 1. The second kappa shape index (κ2) is 7.73. The van der Waals surface area contributed by atoms with Crippen molar-refractivity contribution in [3.05, 3.63) is 53.5 Å². The highest BCUT2D eigenvalue weighted by molar-refractivity contribution is 6.06. The molecular weight excluding hydrogens is 420 g/mol. The molecule has 1 unspecified atom stereocenters. The standard InChI is InChI=1S/C25H28N4O4/c30-22-7-6-21(23(31)26-22)29-14-19-18(24(29)32)4-1-5-20(19)28-15-25(16-28)8-10-27(11-9-25)13-17-3-2-12-33-17/h1-5,12,21H,6-11,13-16H2,(H,26,30,31). The quantitative estimate of drug-likeness (QED) is 0.722. The zero-order chi connectivity index (χ0) is 22.6. The maximum Gasteiger partial charge on any atom is 0.255 e. The Morgan fingerprint density at radius 1 is 1.06 bits per heavy atom. The average molecular weight is 449 g/mol. The lowest BCUT2D eigenvalue weighted by Crippen LogP contribution is -2.60. The fourth-order valence-corrected chi connectivity index (χ4v) is 5.92. The summed E-state index contributed by atoms with van der Waals surface area (Å²) in [5.41, 5.74) is 3.15. The van der Waals surface area contributed by atoms with Crippen molar-refractivity contribution in [2.24, 2.45) is 5.41 Å². The van der Waals surface area contributed by atoms with E-state index in [1.807, 2.05) is 24.3 Å². The van der Waals surface area contributed by atoms with Crippen LogP contribution in [0, 0.1) is 5.41 Å². The number of rotatable bonds is 4. The van der Waals surface area contributed by atoms with E-state index in [9.17, 15) is 14.4 Å². The average Bonchev–Trinajstić information content (AvgIpc) is 3.41. The molecular formula is C25H28N4O4. The SMILES string of the molecule is O=C1CCC(N2Cc3c(cccc3N3CC4(CCN(Cc5ccco5)CC4)C3)C2=O)C(=O)N1. The van der Waals surface area contributed by atoms with Gasteiger partial charge in [0.05, 0.1) is 12.8 Å². The normalized spacial score (nSPS) is 24.7. The van der Waals surface area contributed by atoms with Gasteiger partial charge in [-0.2, -0.15) is 0 Å². The van der Waals surface area contributed by atoms with E-state index in [1.54, 1.807) is 11.2 Å². The van der Waals surface area contributed by atoms with Gasteiger partial charge in [0.2, 0.25) is 11.8 Å². The Morgan fingerprint density at radius 2 is 1.88 bits per heavy atom. The fraction of sp³-hybridized carbons (Fsp3) is 0.480. The summed E-state index contributed by atoms with van der Waals surface area (Å²) in [6.45, 7) is 5.45. The van der Waals surface area contributed by atoms with E-state index in [1.165, 1.54) is 12.8 Å². The summed E-state index contributed by atoms with van der Waals surface area (Å²) >= 11 is 0. The Morgan fingerprint density at radius 3 is 2.61 bits per heavy atom. The summed E-state index contributed by atoms with van der Waals surface area (Å²) in [6.07, 6.45) is 4.73. The highest BCUT2D eigenvalue weighted by Crippen LogP contribution is 2.45. The van der Waals surface area contributed by atoms with Crippen LogP contribution in [0.1, 0.15) is 47.4 Å². The van der Waals surface area contributed by atoms with Crippen molar-refractivity contribution in [1.82, 2.24) is 15.1 Å². The lowest BCUT2D eigenvalue weighted by atomic mass is 9.71.